The number of nitrogens with zero attached hydrogens (tertiary/aromatic N) is 2. The van der Waals surface area contributed by atoms with Crippen LogP contribution >= 0.6 is 24.0 Å². The van der Waals surface area contributed by atoms with Crippen molar-refractivity contribution in [2.75, 3.05) is 5.75 Å². The quantitative estimate of drug-likeness (QED) is 0.611. The number of hydrogen-bond donors (Lipinski definition) is 0. The van der Waals surface area contributed by atoms with Crippen LogP contribution in [0.25, 0.3) is 0 Å². The molecule has 0 saturated carbocycles. The molecule has 0 N–H and O–H groups in total. The fourth-order valence-electron chi connectivity index (χ4n) is 1.68. The third kappa shape index (κ3) is 4.27. The van der Waals surface area contributed by atoms with E-state index >= 15 is 0 Å². The van der Waals surface area contributed by atoms with E-state index in [4.69, 9.17) is 12.2 Å². The van der Waals surface area contributed by atoms with Gasteiger partial charge in [-0.25, -0.2) is 4.98 Å². The second-order valence-corrected chi connectivity index (χ2v) is 5.76. The van der Waals surface area contributed by atoms with Crippen molar-refractivity contribution >= 4 is 28.3 Å². The van der Waals surface area contributed by atoms with E-state index in [2.05, 4.69) is 35.3 Å². The number of aromatic nitrogens is 2. The van der Waals surface area contributed by atoms with Gasteiger partial charge in [0.25, 0.3) is 0 Å². The molecular formula is C14H16N2S2. The number of aryl methyl sites for hydroxylation is 1. The average Bonchev–Trinajstić information content (AvgIpc) is 2.93. The Morgan fingerprint density at radius 2 is 2.06 bits per heavy atom. The van der Waals surface area contributed by atoms with E-state index < -0.39 is 0 Å². The van der Waals surface area contributed by atoms with Gasteiger partial charge in [0.05, 0.1) is 0 Å². The fraction of sp³-hybridized carbons (Fsp3) is 0.286. The first-order valence-corrected chi connectivity index (χ1v) is 7.44. The molecule has 2 rings (SSSR count). The van der Waals surface area contributed by atoms with Gasteiger partial charge in [-0.2, -0.15) is 0 Å². The Morgan fingerprint density at radius 1 is 1.22 bits per heavy atom. The summed E-state index contributed by atoms with van der Waals surface area (Å²) >= 11 is 7.03. The molecule has 1 aromatic carbocycles. The van der Waals surface area contributed by atoms with Crippen molar-refractivity contribution in [2.24, 2.45) is 0 Å². The Bertz CT molecular complexity index is 466. The lowest BCUT2D eigenvalue weighted by Gasteiger charge is -2.04. The van der Waals surface area contributed by atoms with Crippen molar-refractivity contribution in [3.05, 3.63) is 54.6 Å². The molecule has 4 heteroatoms. The highest BCUT2D eigenvalue weighted by Crippen LogP contribution is 2.12. The lowest BCUT2D eigenvalue weighted by molar-refractivity contribution is 0.803. The van der Waals surface area contributed by atoms with Crippen molar-refractivity contribution in [2.45, 2.75) is 19.3 Å². The third-order valence-corrected chi connectivity index (χ3v) is 4.16. The highest BCUT2D eigenvalue weighted by molar-refractivity contribution is 8.23. The number of unbranched alkanes of at least 4 members (excludes halogenated alkanes) is 1. The monoisotopic (exact) mass is 276 g/mol. The van der Waals surface area contributed by atoms with Crippen LogP contribution in [0.4, 0.5) is 0 Å². The highest BCUT2D eigenvalue weighted by Gasteiger charge is 1.99. The number of hydrogen-bond acceptors (Lipinski definition) is 3. The van der Waals surface area contributed by atoms with Crippen molar-refractivity contribution < 1.29 is 0 Å². The lowest BCUT2D eigenvalue weighted by atomic mass is 10.1. The molecule has 0 aliphatic carbocycles. The molecule has 18 heavy (non-hydrogen) atoms. The van der Waals surface area contributed by atoms with Crippen LogP contribution in [-0.2, 0) is 6.42 Å². The minimum atomic E-state index is 0.882. The molecule has 0 aliphatic rings. The first-order valence-electron chi connectivity index (χ1n) is 6.05. The van der Waals surface area contributed by atoms with Crippen LogP contribution in [0.1, 0.15) is 18.4 Å². The van der Waals surface area contributed by atoms with E-state index in [1.165, 1.54) is 18.4 Å². The predicted octanol–water partition coefficient (Wildman–Crippen LogP) is 3.77. The van der Waals surface area contributed by atoms with Crippen molar-refractivity contribution in [3.63, 3.8) is 0 Å². The van der Waals surface area contributed by atoms with Crippen LogP contribution in [-0.4, -0.2) is 19.6 Å². The molecule has 0 spiro atoms. The summed E-state index contributed by atoms with van der Waals surface area (Å²) in [6, 6.07) is 10.6. The molecule has 2 nitrogen and oxygen atoms in total. The van der Waals surface area contributed by atoms with Crippen molar-refractivity contribution in [1.82, 2.24) is 9.55 Å². The number of thioether (sulfide) groups is 1. The van der Waals surface area contributed by atoms with Gasteiger partial charge in [-0.05, 0) is 24.8 Å². The molecule has 0 bridgehead atoms. The van der Waals surface area contributed by atoms with Crippen LogP contribution in [0.15, 0.2) is 49.1 Å². The first-order chi connectivity index (χ1) is 8.86. The Labute approximate surface area is 117 Å². The van der Waals surface area contributed by atoms with Gasteiger partial charge in [0.15, 0.2) is 0 Å². The summed E-state index contributed by atoms with van der Waals surface area (Å²) in [4.78, 5) is 3.99. The normalized spacial score (nSPS) is 10.4. The smallest absolute Gasteiger partial charge is 0.145 e. The molecule has 94 valence electrons. The summed E-state index contributed by atoms with van der Waals surface area (Å²) in [6.07, 6.45) is 8.94. The maximum atomic E-state index is 5.30. The van der Waals surface area contributed by atoms with Crippen LogP contribution in [0.3, 0.4) is 0 Å². The van der Waals surface area contributed by atoms with Gasteiger partial charge < -0.3 is 0 Å². The molecule has 0 fully saturated rings. The maximum absolute atomic E-state index is 5.30. The van der Waals surface area contributed by atoms with E-state index in [0.29, 0.717) is 0 Å². The Morgan fingerprint density at radius 3 is 2.78 bits per heavy atom. The summed E-state index contributed by atoms with van der Waals surface area (Å²) < 4.78 is 2.77. The van der Waals surface area contributed by atoms with Gasteiger partial charge in [-0.15, -0.1) is 0 Å². The molecule has 0 aliphatic heterocycles. The topological polar surface area (TPSA) is 17.8 Å². The number of benzene rings is 1. The molecule has 1 aromatic heterocycles. The van der Waals surface area contributed by atoms with Gasteiger partial charge in [-0.1, -0.05) is 54.3 Å². The van der Waals surface area contributed by atoms with E-state index in [1.54, 1.807) is 24.3 Å². The van der Waals surface area contributed by atoms with E-state index in [0.717, 1.165) is 16.5 Å². The Balaban J connectivity index is 1.61. The SMILES string of the molecule is S=C(SCCCCc1ccccc1)n1ccnc1. The summed E-state index contributed by atoms with van der Waals surface area (Å²) in [5.74, 6) is 1.07. The molecule has 2 aromatic rings. The van der Waals surface area contributed by atoms with Crippen molar-refractivity contribution in [3.8, 4) is 0 Å². The van der Waals surface area contributed by atoms with E-state index in [1.807, 2.05) is 10.8 Å². The highest BCUT2D eigenvalue weighted by atomic mass is 32.2. The van der Waals surface area contributed by atoms with Crippen LogP contribution < -0.4 is 0 Å². The first kappa shape index (κ1) is 13.3. The largest absolute Gasteiger partial charge is 0.291 e. The molecule has 0 saturated heterocycles. The second-order valence-electron chi connectivity index (χ2n) is 4.03. The van der Waals surface area contributed by atoms with Gasteiger partial charge in [0, 0.05) is 18.1 Å². The van der Waals surface area contributed by atoms with Gasteiger partial charge >= 0.3 is 0 Å². The summed E-state index contributed by atoms with van der Waals surface area (Å²) in [5, 5.41) is 0. The summed E-state index contributed by atoms with van der Waals surface area (Å²) in [7, 11) is 0. The number of imidazole rings is 1. The molecule has 0 radical (unpaired) electrons. The van der Waals surface area contributed by atoms with E-state index in [9.17, 15) is 0 Å². The Hall–Kier alpha value is -1.13. The van der Waals surface area contributed by atoms with Crippen LogP contribution in [0, 0.1) is 0 Å². The van der Waals surface area contributed by atoms with Gasteiger partial charge in [-0.3, -0.25) is 4.57 Å². The number of thiocarbonyl (C=S) groups is 1. The summed E-state index contributed by atoms with van der Waals surface area (Å²) in [5.41, 5.74) is 1.42. The minimum absolute atomic E-state index is 0.882. The van der Waals surface area contributed by atoms with Crippen LogP contribution in [0.5, 0.6) is 0 Å². The average molecular weight is 276 g/mol. The minimum Gasteiger partial charge on any atom is -0.291 e. The van der Waals surface area contributed by atoms with Crippen LogP contribution in [0.2, 0.25) is 0 Å². The molecule has 0 amide bonds. The number of rotatable bonds is 5. The van der Waals surface area contributed by atoms with E-state index in [-0.39, 0.29) is 0 Å². The third-order valence-electron chi connectivity index (χ3n) is 2.64. The molecular weight excluding hydrogens is 260 g/mol. The molecule has 1 heterocycles. The summed E-state index contributed by atoms with van der Waals surface area (Å²) in [6.45, 7) is 0. The van der Waals surface area contributed by atoms with Gasteiger partial charge in [0.1, 0.15) is 10.6 Å². The lowest BCUT2D eigenvalue weighted by Crippen LogP contribution is -2.02. The maximum Gasteiger partial charge on any atom is 0.145 e. The standard InChI is InChI=1S/C14H16N2S2/c17-14(16-10-9-15-12-16)18-11-5-4-8-13-6-2-1-3-7-13/h1-3,6-7,9-10,12H,4-5,8,11H2. The zero-order valence-corrected chi connectivity index (χ0v) is 11.8. The molecule has 0 unspecified atom stereocenters. The van der Waals surface area contributed by atoms with Crippen molar-refractivity contribution in [1.29, 1.82) is 0 Å². The second kappa shape index (κ2) is 7.34. The zero-order valence-electron chi connectivity index (χ0n) is 10.2. The Kier molecular flexibility index (Phi) is 5.42. The predicted molar refractivity (Wildman–Crippen MR) is 82.1 cm³/mol. The fourth-order valence-corrected chi connectivity index (χ4v) is 2.82. The zero-order chi connectivity index (χ0) is 12.6. The van der Waals surface area contributed by atoms with Gasteiger partial charge in [0.2, 0.25) is 0 Å². The molecule has 0 atom stereocenters.